The smallest absolute Gasteiger partial charge is 0.340 e. The summed E-state index contributed by atoms with van der Waals surface area (Å²) in [4.78, 5) is 11.5. The van der Waals surface area contributed by atoms with E-state index in [9.17, 15) is 17.6 Å². The number of ether oxygens (including phenoxy) is 1. The number of hydrogen-bond acceptors (Lipinski definition) is 6. The molecule has 1 unspecified atom stereocenters. The van der Waals surface area contributed by atoms with Crippen molar-refractivity contribution in [3.05, 3.63) is 23.5 Å². The van der Waals surface area contributed by atoms with E-state index in [0.29, 0.717) is 12.8 Å². The minimum absolute atomic E-state index is 0.0293. The average molecular weight is 316 g/mol. The third-order valence-corrected chi connectivity index (χ3v) is 5.80. The molecule has 116 valence electrons. The van der Waals surface area contributed by atoms with Crippen molar-refractivity contribution >= 4 is 27.2 Å². The molecule has 21 heavy (non-hydrogen) atoms. The van der Waals surface area contributed by atoms with Crippen LogP contribution in [0.2, 0.25) is 0 Å². The van der Waals surface area contributed by atoms with Gasteiger partial charge in [-0.2, -0.15) is 0 Å². The van der Waals surface area contributed by atoms with E-state index < -0.39 is 26.9 Å². The van der Waals surface area contributed by atoms with E-state index in [1.54, 1.807) is 0 Å². The number of benzene rings is 1. The molecule has 1 fully saturated rings. The van der Waals surface area contributed by atoms with Gasteiger partial charge in [0.25, 0.3) is 0 Å². The van der Waals surface area contributed by atoms with Gasteiger partial charge in [0, 0.05) is 12.2 Å². The maximum atomic E-state index is 13.8. The molecule has 3 N–H and O–H groups in total. The molecule has 8 heteroatoms. The number of halogens is 1. The maximum absolute atomic E-state index is 13.8. The van der Waals surface area contributed by atoms with Gasteiger partial charge in [-0.05, 0) is 25.0 Å². The topological polar surface area (TPSA) is 98.5 Å². The van der Waals surface area contributed by atoms with Crippen molar-refractivity contribution in [1.82, 2.24) is 0 Å². The van der Waals surface area contributed by atoms with Gasteiger partial charge in [-0.15, -0.1) is 0 Å². The molecule has 1 aliphatic heterocycles. The molecule has 1 atom stereocenters. The highest BCUT2D eigenvalue weighted by molar-refractivity contribution is 7.92. The van der Waals surface area contributed by atoms with Crippen LogP contribution in [-0.4, -0.2) is 39.0 Å². The van der Waals surface area contributed by atoms with Gasteiger partial charge in [-0.1, -0.05) is 0 Å². The van der Waals surface area contributed by atoms with E-state index in [1.807, 2.05) is 0 Å². The molecular weight excluding hydrogens is 299 g/mol. The Hall–Kier alpha value is -1.83. The van der Waals surface area contributed by atoms with Crippen LogP contribution in [0.25, 0.3) is 0 Å². The average Bonchev–Trinajstić information content (AvgIpc) is 2.76. The Morgan fingerprint density at radius 2 is 2.24 bits per heavy atom. The molecule has 0 aliphatic carbocycles. The Labute approximate surface area is 122 Å². The SMILES string of the molecule is COC(=O)c1cc(NCC2CCCS2(=O)=O)c(F)cc1N. The number of rotatable bonds is 4. The number of anilines is 2. The minimum Gasteiger partial charge on any atom is -0.465 e. The Bertz CT molecular complexity index is 660. The second kappa shape index (κ2) is 5.88. The second-order valence-electron chi connectivity index (χ2n) is 4.92. The van der Waals surface area contributed by atoms with Crippen LogP contribution < -0.4 is 11.1 Å². The zero-order valence-corrected chi connectivity index (χ0v) is 12.4. The number of nitrogens with one attached hydrogen (secondary N) is 1. The molecule has 1 aliphatic rings. The van der Waals surface area contributed by atoms with E-state index in [2.05, 4.69) is 10.1 Å². The van der Waals surface area contributed by atoms with Crippen LogP contribution in [0.15, 0.2) is 12.1 Å². The third-order valence-electron chi connectivity index (χ3n) is 3.53. The van der Waals surface area contributed by atoms with Gasteiger partial charge in [0.15, 0.2) is 9.84 Å². The van der Waals surface area contributed by atoms with Crippen LogP contribution in [0.5, 0.6) is 0 Å². The quantitative estimate of drug-likeness (QED) is 0.639. The first kappa shape index (κ1) is 15.6. The van der Waals surface area contributed by atoms with Gasteiger partial charge in [0.05, 0.1) is 29.4 Å². The van der Waals surface area contributed by atoms with Crippen molar-refractivity contribution in [2.45, 2.75) is 18.1 Å². The van der Waals surface area contributed by atoms with Gasteiger partial charge in [0.1, 0.15) is 5.82 Å². The third kappa shape index (κ3) is 3.26. The van der Waals surface area contributed by atoms with Crippen molar-refractivity contribution < 1.29 is 22.3 Å². The molecular formula is C13H17FN2O4S. The number of nitrogen functional groups attached to an aromatic ring is 1. The normalized spacial score (nSPS) is 20.2. The van der Waals surface area contributed by atoms with Crippen molar-refractivity contribution in [2.24, 2.45) is 0 Å². The number of sulfone groups is 1. The molecule has 6 nitrogen and oxygen atoms in total. The van der Waals surface area contributed by atoms with Crippen molar-refractivity contribution in [2.75, 3.05) is 30.5 Å². The van der Waals surface area contributed by atoms with Crippen molar-refractivity contribution in [3.63, 3.8) is 0 Å². The summed E-state index contributed by atoms with van der Waals surface area (Å²) in [5, 5.41) is 2.21. The van der Waals surface area contributed by atoms with Gasteiger partial charge >= 0.3 is 5.97 Å². The Morgan fingerprint density at radius 1 is 1.52 bits per heavy atom. The minimum atomic E-state index is -3.11. The maximum Gasteiger partial charge on any atom is 0.340 e. The lowest BCUT2D eigenvalue weighted by Crippen LogP contribution is -2.25. The van der Waals surface area contributed by atoms with Crippen molar-refractivity contribution in [1.29, 1.82) is 0 Å². The number of nitrogens with two attached hydrogens (primary N) is 1. The van der Waals surface area contributed by atoms with E-state index >= 15 is 0 Å². The lowest BCUT2D eigenvalue weighted by atomic mass is 10.1. The van der Waals surface area contributed by atoms with Crippen LogP contribution in [0, 0.1) is 5.82 Å². The van der Waals surface area contributed by atoms with Gasteiger partial charge < -0.3 is 15.8 Å². The molecule has 0 spiro atoms. The van der Waals surface area contributed by atoms with E-state index in [1.165, 1.54) is 13.2 Å². The zero-order valence-electron chi connectivity index (χ0n) is 11.6. The van der Waals surface area contributed by atoms with Gasteiger partial charge in [-0.25, -0.2) is 17.6 Å². The molecule has 2 rings (SSSR count). The fourth-order valence-electron chi connectivity index (χ4n) is 2.32. The van der Waals surface area contributed by atoms with E-state index in [0.717, 1.165) is 6.07 Å². The Balaban J connectivity index is 2.18. The Morgan fingerprint density at radius 3 is 2.81 bits per heavy atom. The summed E-state index contributed by atoms with van der Waals surface area (Å²) in [6.45, 7) is 0.101. The summed E-state index contributed by atoms with van der Waals surface area (Å²) in [6.07, 6.45) is 1.17. The molecule has 0 amide bonds. The lowest BCUT2D eigenvalue weighted by molar-refractivity contribution is 0.0602. The summed E-state index contributed by atoms with van der Waals surface area (Å²) in [5.74, 6) is -1.16. The van der Waals surface area contributed by atoms with E-state index in [4.69, 9.17) is 5.73 Å². The predicted octanol–water partition coefficient (Wildman–Crippen LogP) is 1.18. The van der Waals surface area contributed by atoms with Crippen LogP contribution in [-0.2, 0) is 14.6 Å². The predicted molar refractivity (Wildman–Crippen MR) is 77.5 cm³/mol. The largest absolute Gasteiger partial charge is 0.465 e. The van der Waals surface area contributed by atoms with Crippen molar-refractivity contribution in [3.8, 4) is 0 Å². The number of esters is 1. The Kier molecular flexibility index (Phi) is 4.36. The first-order valence-electron chi connectivity index (χ1n) is 6.48. The standard InChI is InChI=1S/C13H17FN2O4S/c1-20-13(17)9-5-12(10(14)6-11(9)15)16-7-8-3-2-4-21(8,18)19/h5-6,8,16H,2-4,7,15H2,1H3. The monoisotopic (exact) mass is 316 g/mol. The van der Waals surface area contributed by atoms with Crippen LogP contribution in [0.3, 0.4) is 0 Å². The number of hydrogen-bond donors (Lipinski definition) is 2. The molecule has 1 aromatic carbocycles. The highest BCUT2D eigenvalue weighted by Crippen LogP contribution is 2.25. The molecule has 1 aromatic rings. The summed E-state index contributed by atoms with van der Waals surface area (Å²) in [7, 11) is -1.91. The summed E-state index contributed by atoms with van der Waals surface area (Å²) < 4.78 is 41.8. The second-order valence-corrected chi connectivity index (χ2v) is 7.32. The molecule has 0 radical (unpaired) electrons. The summed E-state index contributed by atoms with van der Waals surface area (Å²) >= 11 is 0. The zero-order chi connectivity index (χ0) is 15.6. The number of carbonyl (C=O) groups is 1. The molecule has 1 heterocycles. The first-order chi connectivity index (χ1) is 9.85. The number of carbonyl (C=O) groups excluding carboxylic acids is 1. The summed E-state index contributed by atoms with van der Waals surface area (Å²) in [5.41, 5.74) is 5.61. The molecule has 0 bridgehead atoms. The van der Waals surface area contributed by atoms with E-state index in [-0.39, 0.29) is 29.2 Å². The van der Waals surface area contributed by atoms with Crippen LogP contribution in [0.1, 0.15) is 23.2 Å². The van der Waals surface area contributed by atoms with Gasteiger partial charge in [0.2, 0.25) is 0 Å². The van der Waals surface area contributed by atoms with Crippen LogP contribution in [0.4, 0.5) is 15.8 Å². The van der Waals surface area contributed by atoms with Gasteiger partial charge in [-0.3, -0.25) is 0 Å². The lowest BCUT2D eigenvalue weighted by Gasteiger charge is -2.14. The fourth-order valence-corrected chi connectivity index (χ4v) is 4.09. The molecule has 0 saturated carbocycles. The number of methoxy groups -OCH3 is 1. The highest BCUT2D eigenvalue weighted by Gasteiger charge is 2.31. The van der Waals surface area contributed by atoms with Crippen LogP contribution >= 0.6 is 0 Å². The summed E-state index contributed by atoms with van der Waals surface area (Å²) in [6, 6.07) is 2.25. The highest BCUT2D eigenvalue weighted by atomic mass is 32.2. The fraction of sp³-hybridized carbons (Fsp3) is 0.462. The first-order valence-corrected chi connectivity index (χ1v) is 8.19. The molecule has 1 saturated heterocycles. The molecule has 0 aromatic heterocycles.